The molecule has 5 rings (SSSR count). The fourth-order valence-electron chi connectivity index (χ4n) is 4.30. The summed E-state index contributed by atoms with van der Waals surface area (Å²) in [6.07, 6.45) is 6.72. The third-order valence-corrected chi connectivity index (χ3v) is 5.47. The van der Waals surface area contributed by atoms with E-state index in [1.807, 2.05) is 12.3 Å². The first-order valence-corrected chi connectivity index (χ1v) is 8.15. The SMILES string of the molecule is C=C[C@H]1CN2C(O)C[C@@H]1C[C@H]2Cc1ccnc2ccccc12. The van der Waals surface area contributed by atoms with Crippen LogP contribution in [-0.4, -0.2) is 33.8 Å². The van der Waals surface area contributed by atoms with Gasteiger partial charge in [-0.1, -0.05) is 24.3 Å². The number of piperidine rings is 3. The van der Waals surface area contributed by atoms with Crippen LogP contribution in [0.2, 0.25) is 0 Å². The number of aromatic nitrogens is 1. The molecule has 1 aromatic carbocycles. The Morgan fingerprint density at radius 2 is 2.14 bits per heavy atom. The Hall–Kier alpha value is -1.71. The summed E-state index contributed by atoms with van der Waals surface area (Å²) in [5.41, 5.74) is 2.39. The molecule has 1 N–H and O–H groups in total. The van der Waals surface area contributed by atoms with E-state index < -0.39 is 0 Å². The van der Waals surface area contributed by atoms with Gasteiger partial charge in [-0.15, -0.1) is 6.58 Å². The zero-order chi connectivity index (χ0) is 15.1. The average Bonchev–Trinajstić information content (AvgIpc) is 2.55. The largest absolute Gasteiger partial charge is 0.378 e. The van der Waals surface area contributed by atoms with Crippen molar-refractivity contribution in [3.63, 3.8) is 0 Å². The lowest BCUT2D eigenvalue weighted by atomic mass is 9.73. The highest BCUT2D eigenvalue weighted by molar-refractivity contribution is 5.81. The smallest absolute Gasteiger partial charge is 0.107 e. The van der Waals surface area contributed by atoms with Crippen LogP contribution in [0.5, 0.6) is 0 Å². The summed E-state index contributed by atoms with van der Waals surface area (Å²) < 4.78 is 0. The zero-order valence-corrected chi connectivity index (χ0v) is 12.7. The average molecular weight is 294 g/mol. The van der Waals surface area contributed by atoms with E-state index in [0.29, 0.717) is 17.9 Å². The van der Waals surface area contributed by atoms with Gasteiger partial charge in [0.1, 0.15) is 6.23 Å². The normalized spacial score (nSPS) is 34.0. The van der Waals surface area contributed by atoms with E-state index >= 15 is 0 Å². The summed E-state index contributed by atoms with van der Waals surface area (Å²) in [4.78, 5) is 6.73. The van der Waals surface area contributed by atoms with Gasteiger partial charge in [-0.05, 0) is 48.8 Å². The summed E-state index contributed by atoms with van der Waals surface area (Å²) in [6.45, 7) is 4.91. The number of rotatable bonds is 3. The molecule has 0 aliphatic carbocycles. The second kappa shape index (κ2) is 5.49. The van der Waals surface area contributed by atoms with Gasteiger partial charge in [-0.2, -0.15) is 0 Å². The van der Waals surface area contributed by atoms with Gasteiger partial charge in [0.2, 0.25) is 0 Å². The van der Waals surface area contributed by atoms with Crippen LogP contribution in [-0.2, 0) is 6.42 Å². The number of aliphatic hydroxyl groups excluding tert-OH is 1. The van der Waals surface area contributed by atoms with Crippen molar-refractivity contribution in [3.8, 4) is 0 Å². The molecule has 0 amide bonds. The molecule has 3 heteroatoms. The van der Waals surface area contributed by atoms with Crippen molar-refractivity contribution < 1.29 is 5.11 Å². The molecule has 114 valence electrons. The van der Waals surface area contributed by atoms with E-state index in [4.69, 9.17) is 0 Å². The molecule has 3 nitrogen and oxygen atoms in total. The van der Waals surface area contributed by atoms with Crippen LogP contribution in [0, 0.1) is 11.8 Å². The van der Waals surface area contributed by atoms with Crippen LogP contribution in [0.3, 0.4) is 0 Å². The topological polar surface area (TPSA) is 36.4 Å². The van der Waals surface area contributed by atoms with E-state index in [2.05, 4.69) is 46.8 Å². The predicted molar refractivity (Wildman–Crippen MR) is 88.4 cm³/mol. The van der Waals surface area contributed by atoms with E-state index in [-0.39, 0.29) is 6.23 Å². The molecule has 3 aliphatic heterocycles. The Kier molecular flexibility index (Phi) is 3.47. The van der Waals surface area contributed by atoms with Crippen molar-refractivity contribution >= 4 is 10.9 Å². The molecular formula is C19H22N2O. The Labute approximate surface area is 131 Å². The molecule has 0 spiro atoms. The zero-order valence-electron chi connectivity index (χ0n) is 12.7. The highest BCUT2D eigenvalue weighted by Gasteiger charge is 2.43. The molecule has 4 heterocycles. The standard InChI is InChI=1S/C19H22N2O/c1-2-13-12-21-16(10-15(13)11-19(21)22)9-14-7-8-20-18-6-4-3-5-17(14)18/h2-8,13,15-16,19,22H,1,9-12H2/t13-,15-,16+,19?/m0/s1. The van der Waals surface area contributed by atoms with Crippen molar-refractivity contribution in [2.45, 2.75) is 31.5 Å². The number of hydrogen-bond acceptors (Lipinski definition) is 3. The molecule has 0 saturated carbocycles. The molecule has 2 bridgehead atoms. The third kappa shape index (κ3) is 2.25. The number of aliphatic hydroxyl groups is 1. The lowest BCUT2D eigenvalue weighted by molar-refractivity contribution is -0.124. The number of pyridine rings is 1. The lowest BCUT2D eigenvalue weighted by Crippen LogP contribution is -2.58. The molecule has 2 aromatic rings. The van der Waals surface area contributed by atoms with Crippen molar-refractivity contribution in [1.82, 2.24) is 9.88 Å². The minimum atomic E-state index is -0.284. The number of fused-ring (bicyclic) bond motifs is 4. The molecule has 1 aromatic heterocycles. The predicted octanol–water partition coefficient (Wildman–Crippen LogP) is 2.99. The lowest BCUT2D eigenvalue weighted by Gasteiger charge is -2.52. The second-order valence-corrected chi connectivity index (χ2v) is 6.65. The first-order chi connectivity index (χ1) is 10.8. The van der Waals surface area contributed by atoms with Crippen molar-refractivity contribution in [1.29, 1.82) is 0 Å². The first-order valence-electron chi connectivity index (χ1n) is 8.15. The van der Waals surface area contributed by atoms with Crippen LogP contribution >= 0.6 is 0 Å². The van der Waals surface area contributed by atoms with Gasteiger partial charge < -0.3 is 5.11 Å². The van der Waals surface area contributed by atoms with Gasteiger partial charge >= 0.3 is 0 Å². The fraction of sp³-hybridized carbons (Fsp3) is 0.421. The van der Waals surface area contributed by atoms with Crippen LogP contribution in [0.15, 0.2) is 49.2 Å². The molecule has 3 aliphatic rings. The van der Waals surface area contributed by atoms with Crippen LogP contribution in [0.4, 0.5) is 0 Å². The van der Waals surface area contributed by atoms with Gasteiger partial charge in [0, 0.05) is 24.2 Å². The number of nitrogens with zero attached hydrogens (tertiary/aromatic N) is 2. The van der Waals surface area contributed by atoms with Gasteiger partial charge in [-0.25, -0.2) is 0 Å². The Morgan fingerprint density at radius 1 is 1.27 bits per heavy atom. The highest BCUT2D eigenvalue weighted by atomic mass is 16.3. The first kappa shape index (κ1) is 13.9. The molecule has 0 radical (unpaired) electrons. The Morgan fingerprint density at radius 3 is 2.95 bits per heavy atom. The Bertz CT molecular complexity index is 693. The van der Waals surface area contributed by atoms with Gasteiger partial charge in [0.25, 0.3) is 0 Å². The van der Waals surface area contributed by atoms with Crippen molar-refractivity contribution in [3.05, 3.63) is 54.7 Å². The summed E-state index contributed by atoms with van der Waals surface area (Å²) in [6, 6.07) is 10.9. The summed E-state index contributed by atoms with van der Waals surface area (Å²) in [5.74, 6) is 1.12. The second-order valence-electron chi connectivity index (χ2n) is 6.65. The molecule has 3 fully saturated rings. The Balaban J connectivity index is 1.62. The molecule has 5 atom stereocenters. The van der Waals surface area contributed by atoms with E-state index in [9.17, 15) is 5.11 Å². The molecule has 22 heavy (non-hydrogen) atoms. The quantitative estimate of drug-likeness (QED) is 0.884. The van der Waals surface area contributed by atoms with E-state index in [1.165, 1.54) is 10.9 Å². The maximum absolute atomic E-state index is 10.4. The van der Waals surface area contributed by atoms with Gasteiger partial charge in [0.15, 0.2) is 0 Å². The fourth-order valence-corrected chi connectivity index (χ4v) is 4.30. The molecular weight excluding hydrogens is 272 g/mol. The van der Waals surface area contributed by atoms with Crippen molar-refractivity contribution in [2.24, 2.45) is 11.8 Å². The highest BCUT2D eigenvalue weighted by Crippen LogP contribution is 2.40. The summed E-state index contributed by atoms with van der Waals surface area (Å²) in [5, 5.41) is 11.6. The van der Waals surface area contributed by atoms with Crippen LogP contribution in [0.25, 0.3) is 10.9 Å². The molecule has 2 unspecified atom stereocenters. The maximum Gasteiger partial charge on any atom is 0.107 e. The van der Waals surface area contributed by atoms with Gasteiger partial charge in [-0.3, -0.25) is 9.88 Å². The van der Waals surface area contributed by atoms with E-state index in [0.717, 1.165) is 31.3 Å². The minimum absolute atomic E-state index is 0.284. The number of hydrogen-bond donors (Lipinski definition) is 1. The summed E-state index contributed by atoms with van der Waals surface area (Å²) >= 11 is 0. The third-order valence-electron chi connectivity index (χ3n) is 5.47. The number of benzene rings is 1. The van der Waals surface area contributed by atoms with E-state index in [1.54, 1.807) is 0 Å². The van der Waals surface area contributed by atoms with Crippen molar-refractivity contribution in [2.75, 3.05) is 6.54 Å². The summed E-state index contributed by atoms with van der Waals surface area (Å²) in [7, 11) is 0. The monoisotopic (exact) mass is 294 g/mol. The number of para-hydroxylation sites is 1. The van der Waals surface area contributed by atoms with Crippen LogP contribution < -0.4 is 0 Å². The maximum atomic E-state index is 10.4. The van der Waals surface area contributed by atoms with Crippen LogP contribution in [0.1, 0.15) is 18.4 Å². The van der Waals surface area contributed by atoms with Gasteiger partial charge in [0.05, 0.1) is 5.52 Å². The minimum Gasteiger partial charge on any atom is -0.378 e. The molecule has 3 saturated heterocycles.